The summed E-state index contributed by atoms with van der Waals surface area (Å²) < 4.78 is 0. The molecule has 5 heteroatoms. The van der Waals surface area contributed by atoms with E-state index < -0.39 is 0 Å². The zero-order valence-corrected chi connectivity index (χ0v) is 11.3. The summed E-state index contributed by atoms with van der Waals surface area (Å²) >= 11 is 0. The lowest BCUT2D eigenvalue weighted by Crippen LogP contribution is -2.38. The molecule has 2 heterocycles. The zero-order chi connectivity index (χ0) is 12.8. The average Bonchev–Trinajstić information content (AvgIpc) is 2.40. The van der Waals surface area contributed by atoms with Gasteiger partial charge in [-0.05, 0) is 38.9 Å². The lowest BCUT2D eigenvalue weighted by Gasteiger charge is -2.29. The fourth-order valence-electron chi connectivity index (χ4n) is 2.39. The van der Waals surface area contributed by atoms with Crippen molar-refractivity contribution in [1.82, 2.24) is 14.9 Å². The van der Waals surface area contributed by atoms with E-state index in [9.17, 15) is 0 Å². The SMILES string of the molecule is CNc1nccc(NC(C)CN2CCCCC2)n1. The largest absolute Gasteiger partial charge is 0.366 e. The highest BCUT2D eigenvalue weighted by atomic mass is 15.2. The Labute approximate surface area is 109 Å². The van der Waals surface area contributed by atoms with Gasteiger partial charge in [0.2, 0.25) is 5.95 Å². The van der Waals surface area contributed by atoms with E-state index >= 15 is 0 Å². The van der Waals surface area contributed by atoms with Gasteiger partial charge in [0, 0.05) is 25.8 Å². The number of hydrogen-bond acceptors (Lipinski definition) is 5. The van der Waals surface area contributed by atoms with Gasteiger partial charge >= 0.3 is 0 Å². The predicted molar refractivity (Wildman–Crippen MR) is 75.0 cm³/mol. The molecule has 0 aliphatic carbocycles. The number of rotatable bonds is 5. The van der Waals surface area contributed by atoms with Crippen LogP contribution in [0.25, 0.3) is 0 Å². The van der Waals surface area contributed by atoms with Crippen LogP contribution in [0.3, 0.4) is 0 Å². The van der Waals surface area contributed by atoms with Gasteiger partial charge in [0.25, 0.3) is 0 Å². The maximum absolute atomic E-state index is 4.37. The first kappa shape index (κ1) is 13.1. The topological polar surface area (TPSA) is 53.1 Å². The molecule has 1 aromatic heterocycles. The summed E-state index contributed by atoms with van der Waals surface area (Å²) in [6.07, 6.45) is 5.83. The molecule has 0 saturated carbocycles. The lowest BCUT2D eigenvalue weighted by atomic mass is 10.1. The van der Waals surface area contributed by atoms with Crippen LogP contribution in [0.15, 0.2) is 12.3 Å². The first-order valence-corrected chi connectivity index (χ1v) is 6.77. The fourth-order valence-corrected chi connectivity index (χ4v) is 2.39. The van der Waals surface area contributed by atoms with Gasteiger partial charge in [0.1, 0.15) is 5.82 Å². The van der Waals surface area contributed by atoms with Crippen molar-refractivity contribution in [2.75, 3.05) is 37.3 Å². The number of anilines is 2. The number of aromatic nitrogens is 2. The smallest absolute Gasteiger partial charge is 0.224 e. The molecule has 0 spiro atoms. The number of nitrogens with zero attached hydrogens (tertiary/aromatic N) is 3. The Balaban J connectivity index is 1.83. The van der Waals surface area contributed by atoms with E-state index in [4.69, 9.17) is 0 Å². The Morgan fingerprint density at radius 3 is 2.83 bits per heavy atom. The first-order chi connectivity index (χ1) is 8.78. The van der Waals surface area contributed by atoms with E-state index in [0.29, 0.717) is 12.0 Å². The maximum atomic E-state index is 4.37. The van der Waals surface area contributed by atoms with Crippen LogP contribution in [0.4, 0.5) is 11.8 Å². The number of hydrogen-bond donors (Lipinski definition) is 2. The van der Waals surface area contributed by atoms with Gasteiger partial charge in [-0.15, -0.1) is 0 Å². The quantitative estimate of drug-likeness (QED) is 0.833. The van der Waals surface area contributed by atoms with Gasteiger partial charge < -0.3 is 15.5 Å². The van der Waals surface area contributed by atoms with E-state index in [1.165, 1.54) is 32.4 Å². The van der Waals surface area contributed by atoms with Crippen molar-refractivity contribution in [2.45, 2.75) is 32.2 Å². The molecule has 1 aliphatic rings. The molecular weight excluding hydrogens is 226 g/mol. The average molecular weight is 249 g/mol. The number of piperidine rings is 1. The van der Waals surface area contributed by atoms with E-state index in [1.54, 1.807) is 6.20 Å². The Kier molecular flexibility index (Phi) is 4.75. The predicted octanol–water partition coefficient (Wildman–Crippen LogP) is 1.80. The minimum atomic E-state index is 0.405. The van der Waals surface area contributed by atoms with Crippen LogP contribution in [-0.4, -0.2) is 47.6 Å². The standard InChI is InChI=1S/C13H23N5/c1-11(10-18-8-4-3-5-9-18)16-12-6-7-15-13(14-2)17-12/h6-7,11H,3-5,8-10H2,1-2H3,(H2,14,15,16,17). The molecule has 5 nitrogen and oxygen atoms in total. The Morgan fingerprint density at radius 1 is 1.33 bits per heavy atom. The van der Waals surface area contributed by atoms with Gasteiger partial charge in [0.05, 0.1) is 0 Å². The van der Waals surface area contributed by atoms with Crippen molar-refractivity contribution < 1.29 is 0 Å². The normalized spacial score (nSPS) is 18.3. The molecule has 0 radical (unpaired) electrons. The molecule has 100 valence electrons. The Hall–Kier alpha value is -1.36. The van der Waals surface area contributed by atoms with E-state index in [-0.39, 0.29) is 0 Å². The second kappa shape index (κ2) is 6.54. The molecule has 1 fully saturated rings. The van der Waals surface area contributed by atoms with Gasteiger partial charge in [-0.25, -0.2) is 4.98 Å². The molecular formula is C13H23N5. The van der Waals surface area contributed by atoms with Crippen molar-refractivity contribution in [1.29, 1.82) is 0 Å². The van der Waals surface area contributed by atoms with Crippen molar-refractivity contribution in [2.24, 2.45) is 0 Å². The fraction of sp³-hybridized carbons (Fsp3) is 0.692. The third-order valence-electron chi connectivity index (χ3n) is 3.25. The summed E-state index contributed by atoms with van der Waals surface area (Å²) in [6, 6.07) is 2.32. The van der Waals surface area contributed by atoms with E-state index in [0.717, 1.165) is 12.4 Å². The van der Waals surface area contributed by atoms with Gasteiger partial charge in [-0.2, -0.15) is 4.98 Å². The summed E-state index contributed by atoms with van der Waals surface area (Å²) in [4.78, 5) is 11.0. The highest BCUT2D eigenvalue weighted by molar-refractivity contribution is 5.39. The zero-order valence-electron chi connectivity index (χ0n) is 11.3. The molecule has 1 aromatic rings. The van der Waals surface area contributed by atoms with Crippen LogP contribution in [0.2, 0.25) is 0 Å². The monoisotopic (exact) mass is 249 g/mol. The van der Waals surface area contributed by atoms with Gasteiger partial charge in [0.15, 0.2) is 0 Å². The van der Waals surface area contributed by atoms with Crippen LogP contribution in [-0.2, 0) is 0 Å². The molecule has 0 aromatic carbocycles. The molecule has 1 saturated heterocycles. The number of likely N-dealkylation sites (tertiary alicyclic amines) is 1. The molecule has 2 rings (SSSR count). The summed E-state index contributed by atoms with van der Waals surface area (Å²) in [5.74, 6) is 1.55. The van der Waals surface area contributed by atoms with E-state index in [1.807, 2.05) is 13.1 Å². The maximum Gasteiger partial charge on any atom is 0.224 e. The Bertz CT molecular complexity index is 362. The minimum absolute atomic E-state index is 0.405. The molecule has 18 heavy (non-hydrogen) atoms. The summed E-state index contributed by atoms with van der Waals surface area (Å²) in [5.41, 5.74) is 0. The third-order valence-corrected chi connectivity index (χ3v) is 3.25. The summed E-state index contributed by atoms with van der Waals surface area (Å²) in [6.45, 7) is 5.75. The molecule has 0 amide bonds. The summed E-state index contributed by atoms with van der Waals surface area (Å²) in [7, 11) is 1.83. The molecule has 1 unspecified atom stereocenters. The summed E-state index contributed by atoms with van der Waals surface area (Å²) in [5, 5.41) is 6.38. The molecule has 0 bridgehead atoms. The van der Waals surface area contributed by atoms with Crippen LogP contribution in [0.1, 0.15) is 26.2 Å². The third kappa shape index (κ3) is 3.84. The lowest BCUT2D eigenvalue weighted by molar-refractivity contribution is 0.223. The molecule has 1 aliphatic heterocycles. The first-order valence-electron chi connectivity index (χ1n) is 6.77. The second-order valence-corrected chi connectivity index (χ2v) is 4.92. The molecule has 2 N–H and O–H groups in total. The van der Waals surface area contributed by atoms with Crippen molar-refractivity contribution in [3.05, 3.63) is 12.3 Å². The minimum Gasteiger partial charge on any atom is -0.366 e. The highest BCUT2D eigenvalue weighted by Gasteiger charge is 2.13. The number of nitrogens with one attached hydrogen (secondary N) is 2. The van der Waals surface area contributed by atoms with Crippen LogP contribution in [0, 0.1) is 0 Å². The van der Waals surface area contributed by atoms with Crippen LogP contribution < -0.4 is 10.6 Å². The van der Waals surface area contributed by atoms with E-state index in [2.05, 4.69) is 32.4 Å². The van der Waals surface area contributed by atoms with Crippen molar-refractivity contribution >= 4 is 11.8 Å². The van der Waals surface area contributed by atoms with Gasteiger partial charge in [-0.1, -0.05) is 6.42 Å². The second-order valence-electron chi connectivity index (χ2n) is 4.92. The van der Waals surface area contributed by atoms with Crippen LogP contribution in [0.5, 0.6) is 0 Å². The van der Waals surface area contributed by atoms with Crippen molar-refractivity contribution in [3.63, 3.8) is 0 Å². The Morgan fingerprint density at radius 2 is 2.11 bits per heavy atom. The highest BCUT2D eigenvalue weighted by Crippen LogP contribution is 2.11. The van der Waals surface area contributed by atoms with Crippen LogP contribution >= 0.6 is 0 Å². The van der Waals surface area contributed by atoms with Gasteiger partial charge in [-0.3, -0.25) is 0 Å². The van der Waals surface area contributed by atoms with Crippen molar-refractivity contribution in [3.8, 4) is 0 Å². The molecule has 1 atom stereocenters.